The minimum atomic E-state index is -4.75. The zero-order chi connectivity index (χ0) is 19.5. The zero-order valence-corrected chi connectivity index (χ0v) is 15.3. The molecule has 1 aliphatic heterocycles. The molecule has 1 fully saturated rings. The first kappa shape index (κ1) is 20.7. The van der Waals surface area contributed by atoms with Crippen LogP contribution < -0.4 is 5.32 Å². The number of benzene rings is 1. The van der Waals surface area contributed by atoms with E-state index < -0.39 is 31.7 Å². The molecule has 0 saturated carbocycles. The van der Waals surface area contributed by atoms with Crippen molar-refractivity contribution >= 4 is 27.5 Å². The molecule has 10 heteroatoms. The van der Waals surface area contributed by atoms with E-state index in [1.807, 2.05) is 0 Å². The number of alkyl halides is 3. The highest BCUT2D eigenvalue weighted by Gasteiger charge is 2.36. The topological polar surface area (TPSA) is 66.5 Å². The van der Waals surface area contributed by atoms with Gasteiger partial charge in [-0.25, -0.2) is 8.42 Å². The van der Waals surface area contributed by atoms with E-state index >= 15 is 0 Å². The van der Waals surface area contributed by atoms with Crippen LogP contribution >= 0.6 is 11.6 Å². The number of hydrogen-bond acceptors (Lipinski definition) is 3. The fourth-order valence-corrected chi connectivity index (χ4v) is 4.43. The summed E-state index contributed by atoms with van der Waals surface area (Å²) in [6.07, 6.45) is -2.63. The van der Waals surface area contributed by atoms with Crippen molar-refractivity contribution in [3.63, 3.8) is 0 Å². The smallest absolute Gasteiger partial charge is 0.352 e. The van der Waals surface area contributed by atoms with E-state index in [2.05, 4.69) is 11.9 Å². The Morgan fingerprint density at radius 1 is 1.35 bits per heavy atom. The number of hydrogen-bond donors (Lipinski definition) is 1. The number of halogens is 4. The third-order valence-electron chi connectivity index (χ3n) is 4.13. The highest BCUT2D eigenvalue weighted by atomic mass is 35.5. The maximum Gasteiger partial charge on any atom is 0.417 e. The highest BCUT2D eigenvalue weighted by Crippen LogP contribution is 2.36. The molecular formula is C16H18ClF3N2O3S. The molecular weight excluding hydrogens is 393 g/mol. The van der Waals surface area contributed by atoms with Gasteiger partial charge in [-0.15, -0.1) is 6.58 Å². The maximum atomic E-state index is 13.0. The van der Waals surface area contributed by atoms with Crippen LogP contribution in [0, 0.1) is 5.92 Å². The standard InChI is InChI=1S/C16H18ClF3N2O3S/c1-2-7-21-15(23)11-5-8-22(9-6-11)26(24,25)12-3-4-14(17)13(10-12)16(18,19)20/h2-4,10-11H,1,5-9H2,(H,21,23). The molecule has 2 rings (SSSR count). The van der Waals surface area contributed by atoms with Crippen LogP contribution in [0.4, 0.5) is 13.2 Å². The number of rotatable bonds is 5. The summed E-state index contributed by atoms with van der Waals surface area (Å²) in [7, 11) is -4.10. The van der Waals surface area contributed by atoms with Gasteiger partial charge in [-0.2, -0.15) is 17.5 Å². The molecule has 1 amide bonds. The first-order valence-electron chi connectivity index (χ1n) is 7.83. The largest absolute Gasteiger partial charge is 0.417 e. The van der Waals surface area contributed by atoms with Gasteiger partial charge in [0.2, 0.25) is 15.9 Å². The third-order valence-corrected chi connectivity index (χ3v) is 6.35. The van der Waals surface area contributed by atoms with Gasteiger partial charge in [0.05, 0.1) is 15.5 Å². The summed E-state index contributed by atoms with van der Waals surface area (Å²) in [5.74, 6) is -0.523. The molecule has 0 aliphatic carbocycles. The predicted molar refractivity (Wildman–Crippen MR) is 91.1 cm³/mol. The van der Waals surface area contributed by atoms with Crippen molar-refractivity contribution in [1.29, 1.82) is 0 Å². The Bertz CT molecular complexity index is 788. The van der Waals surface area contributed by atoms with Gasteiger partial charge in [-0.1, -0.05) is 17.7 Å². The van der Waals surface area contributed by atoms with Gasteiger partial charge in [0.1, 0.15) is 0 Å². The molecule has 0 spiro atoms. The van der Waals surface area contributed by atoms with Crippen molar-refractivity contribution < 1.29 is 26.4 Å². The van der Waals surface area contributed by atoms with E-state index in [4.69, 9.17) is 11.6 Å². The molecule has 26 heavy (non-hydrogen) atoms. The zero-order valence-electron chi connectivity index (χ0n) is 13.7. The average molecular weight is 411 g/mol. The van der Waals surface area contributed by atoms with Gasteiger partial charge in [0.25, 0.3) is 0 Å². The number of nitrogens with zero attached hydrogens (tertiary/aromatic N) is 1. The van der Waals surface area contributed by atoms with Crippen LogP contribution in [0.15, 0.2) is 35.7 Å². The monoisotopic (exact) mass is 410 g/mol. The van der Waals surface area contributed by atoms with Crippen LogP contribution in [0.3, 0.4) is 0 Å². The van der Waals surface area contributed by atoms with Crippen molar-refractivity contribution in [3.8, 4) is 0 Å². The second-order valence-corrected chi connectivity index (χ2v) is 8.20. The van der Waals surface area contributed by atoms with E-state index in [0.29, 0.717) is 25.5 Å². The molecule has 5 nitrogen and oxygen atoms in total. The molecule has 1 aromatic rings. The number of sulfonamides is 1. The van der Waals surface area contributed by atoms with Crippen molar-refractivity contribution in [1.82, 2.24) is 9.62 Å². The Balaban J connectivity index is 2.15. The molecule has 0 atom stereocenters. The summed E-state index contributed by atoms with van der Waals surface area (Å²) < 4.78 is 65.2. The SMILES string of the molecule is C=CCNC(=O)C1CCN(S(=O)(=O)c2ccc(Cl)c(C(F)(F)F)c2)CC1. The molecule has 0 bridgehead atoms. The summed E-state index contributed by atoms with van der Waals surface area (Å²) in [6.45, 7) is 3.92. The van der Waals surface area contributed by atoms with Crippen molar-refractivity contribution in [2.75, 3.05) is 19.6 Å². The van der Waals surface area contributed by atoms with Gasteiger partial charge in [-0.3, -0.25) is 4.79 Å². The van der Waals surface area contributed by atoms with E-state index in [1.165, 1.54) is 6.08 Å². The molecule has 0 aromatic heterocycles. The van der Waals surface area contributed by atoms with Crippen LogP contribution in [-0.2, 0) is 21.0 Å². The van der Waals surface area contributed by atoms with Crippen LogP contribution in [0.5, 0.6) is 0 Å². The number of carbonyl (C=O) groups excluding carboxylic acids is 1. The number of carbonyl (C=O) groups is 1. The lowest BCUT2D eigenvalue weighted by atomic mass is 9.97. The maximum absolute atomic E-state index is 13.0. The third kappa shape index (κ3) is 4.57. The minimum absolute atomic E-state index is 0.0541. The van der Waals surface area contributed by atoms with Gasteiger partial charge >= 0.3 is 6.18 Å². The van der Waals surface area contributed by atoms with Gasteiger partial charge in [0, 0.05) is 25.6 Å². The van der Waals surface area contributed by atoms with Crippen molar-refractivity contribution in [3.05, 3.63) is 41.4 Å². The Kier molecular flexibility index (Phi) is 6.36. The summed E-state index contributed by atoms with van der Waals surface area (Å²) >= 11 is 5.53. The van der Waals surface area contributed by atoms with E-state index in [9.17, 15) is 26.4 Å². The normalized spacial score (nSPS) is 17.1. The molecule has 1 aromatic carbocycles. The second kappa shape index (κ2) is 7.98. The second-order valence-electron chi connectivity index (χ2n) is 5.85. The summed E-state index contributed by atoms with van der Waals surface area (Å²) in [5.41, 5.74) is -1.20. The molecule has 0 radical (unpaired) electrons. The predicted octanol–water partition coefficient (Wildman–Crippen LogP) is 3.06. The Morgan fingerprint density at radius 3 is 2.50 bits per heavy atom. The van der Waals surface area contributed by atoms with E-state index in [0.717, 1.165) is 16.4 Å². The van der Waals surface area contributed by atoms with Crippen LogP contribution in [0.2, 0.25) is 5.02 Å². The molecule has 1 aliphatic rings. The molecule has 144 valence electrons. The number of piperidine rings is 1. The highest BCUT2D eigenvalue weighted by molar-refractivity contribution is 7.89. The Morgan fingerprint density at radius 2 is 1.96 bits per heavy atom. The lowest BCUT2D eigenvalue weighted by molar-refractivity contribution is -0.137. The molecule has 1 heterocycles. The quantitative estimate of drug-likeness (QED) is 0.759. The van der Waals surface area contributed by atoms with E-state index in [-0.39, 0.29) is 24.9 Å². The molecule has 1 saturated heterocycles. The summed E-state index contributed by atoms with van der Waals surface area (Å²) in [6, 6.07) is 2.52. The van der Waals surface area contributed by atoms with Crippen LogP contribution in [0.25, 0.3) is 0 Å². The van der Waals surface area contributed by atoms with E-state index in [1.54, 1.807) is 0 Å². The van der Waals surface area contributed by atoms with Gasteiger partial charge < -0.3 is 5.32 Å². The van der Waals surface area contributed by atoms with Gasteiger partial charge in [-0.05, 0) is 31.0 Å². The molecule has 0 unspecified atom stereocenters. The van der Waals surface area contributed by atoms with Crippen LogP contribution in [0.1, 0.15) is 18.4 Å². The minimum Gasteiger partial charge on any atom is -0.352 e. The lowest BCUT2D eigenvalue weighted by Crippen LogP contribution is -2.43. The van der Waals surface area contributed by atoms with Crippen molar-refractivity contribution in [2.24, 2.45) is 5.92 Å². The van der Waals surface area contributed by atoms with Crippen molar-refractivity contribution in [2.45, 2.75) is 23.9 Å². The summed E-state index contributed by atoms with van der Waals surface area (Å²) in [5, 5.41) is 2.09. The fourth-order valence-electron chi connectivity index (χ4n) is 2.71. The van der Waals surface area contributed by atoms with Gasteiger partial charge in [0.15, 0.2) is 0 Å². The lowest BCUT2D eigenvalue weighted by Gasteiger charge is -2.30. The Hall–Kier alpha value is -1.58. The van der Waals surface area contributed by atoms with Crippen LogP contribution in [-0.4, -0.2) is 38.3 Å². The first-order valence-corrected chi connectivity index (χ1v) is 9.64. The summed E-state index contributed by atoms with van der Waals surface area (Å²) in [4.78, 5) is 11.4. The fraction of sp³-hybridized carbons (Fsp3) is 0.438. The average Bonchev–Trinajstić information content (AvgIpc) is 2.59. The molecule has 1 N–H and O–H groups in total. The Labute approximate surface area is 154 Å². The first-order chi connectivity index (χ1) is 12.1. The number of nitrogens with one attached hydrogen (secondary N) is 1. The number of amides is 1.